The van der Waals surface area contributed by atoms with Crippen molar-refractivity contribution in [1.29, 1.82) is 0 Å². The molecule has 0 saturated heterocycles. The average molecular weight is 285 g/mol. The summed E-state index contributed by atoms with van der Waals surface area (Å²) in [7, 11) is 0. The van der Waals surface area contributed by atoms with Crippen LogP contribution in [0.5, 0.6) is 0 Å². The van der Waals surface area contributed by atoms with Crippen LogP contribution >= 0.6 is 11.6 Å². The highest BCUT2D eigenvalue weighted by molar-refractivity contribution is 6.29. The molecular weight excluding hydrogens is 268 g/mol. The van der Waals surface area contributed by atoms with E-state index in [4.69, 9.17) is 16.3 Å². The predicted octanol–water partition coefficient (Wildman–Crippen LogP) is 2.65. The molecule has 104 valence electrons. The lowest BCUT2D eigenvalue weighted by molar-refractivity contribution is -0.153. The molecule has 6 nitrogen and oxygen atoms in total. The number of ether oxygens (including phenoxy) is 1. The smallest absolute Gasteiger partial charge is 0.312 e. The quantitative estimate of drug-likeness (QED) is 0.522. The number of carbonyl (C=O) groups is 1. The van der Waals surface area contributed by atoms with Crippen LogP contribution in [0, 0.1) is 0 Å². The number of hydrogen-bond acceptors (Lipinski definition) is 6. The van der Waals surface area contributed by atoms with Gasteiger partial charge in [-0.05, 0) is 39.8 Å². The minimum Gasteiger partial charge on any atom is -0.460 e. The van der Waals surface area contributed by atoms with Gasteiger partial charge in [-0.3, -0.25) is 10.2 Å². The maximum atomic E-state index is 11.5. The molecule has 0 amide bonds. The van der Waals surface area contributed by atoms with Crippen LogP contribution in [-0.2, 0) is 9.53 Å². The molecule has 1 N–H and O–H groups in total. The van der Waals surface area contributed by atoms with E-state index in [0.717, 1.165) is 0 Å². The molecule has 19 heavy (non-hydrogen) atoms. The van der Waals surface area contributed by atoms with Crippen molar-refractivity contribution in [1.82, 2.24) is 10.2 Å². The van der Waals surface area contributed by atoms with Gasteiger partial charge in [0, 0.05) is 5.71 Å². The maximum Gasteiger partial charge on any atom is 0.312 e. The predicted molar refractivity (Wildman–Crippen MR) is 74.2 cm³/mol. The van der Waals surface area contributed by atoms with Gasteiger partial charge in [0.25, 0.3) is 0 Å². The molecule has 0 aliphatic carbocycles. The fourth-order valence-electron chi connectivity index (χ4n) is 1.15. The Labute approximate surface area is 117 Å². The maximum absolute atomic E-state index is 11.5. The lowest BCUT2D eigenvalue weighted by atomic mass is 10.2. The lowest BCUT2D eigenvalue weighted by Gasteiger charge is -2.19. The van der Waals surface area contributed by atoms with Crippen LogP contribution in [-0.4, -0.2) is 27.5 Å². The van der Waals surface area contributed by atoms with Gasteiger partial charge < -0.3 is 4.74 Å². The van der Waals surface area contributed by atoms with E-state index in [1.807, 2.05) is 20.8 Å². The second-order valence-corrected chi connectivity index (χ2v) is 5.35. The number of halogens is 1. The highest BCUT2D eigenvalue weighted by Gasteiger charge is 2.16. The number of hydrogen-bond donors (Lipinski definition) is 1. The van der Waals surface area contributed by atoms with Gasteiger partial charge >= 0.3 is 5.97 Å². The van der Waals surface area contributed by atoms with Crippen molar-refractivity contribution < 1.29 is 9.53 Å². The first-order chi connectivity index (χ1) is 8.76. The SMILES string of the molecule is CC(CC(=O)OC(C)(C)C)=NNc1ccc(Cl)nn1. The minimum absolute atomic E-state index is 0.116. The Morgan fingerprint density at radius 1 is 1.42 bits per heavy atom. The molecule has 1 heterocycles. The summed E-state index contributed by atoms with van der Waals surface area (Å²) >= 11 is 5.61. The summed E-state index contributed by atoms with van der Waals surface area (Å²) in [4.78, 5) is 11.5. The van der Waals surface area contributed by atoms with Crippen molar-refractivity contribution in [2.75, 3.05) is 5.43 Å². The topological polar surface area (TPSA) is 76.5 Å². The third-order valence-corrected chi connectivity index (χ3v) is 2.02. The number of nitrogens with zero attached hydrogens (tertiary/aromatic N) is 3. The highest BCUT2D eigenvalue weighted by Crippen LogP contribution is 2.09. The molecule has 1 aromatic rings. The van der Waals surface area contributed by atoms with E-state index in [2.05, 4.69) is 20.7 Å². The number of aromatic nitrogens is 2. The summed E-state index contributed by atoms with van der Waals surface area (Å²) in [5.74, 6) is 0.130. The van der Waals surface area contributed by atoms with E-state index in [1.54, 1.807) is 19.1 Å². The van der Waals surface area contributed by atoms with Crippen molar-refractivity contribution in [2.45, 2.75) is 39.7 Å². The molecule has 0 unspecified atom stereocenters. The summed E-state index contributed by atoms with van der Waals surface area (Å²) in [5.41, 5.74) is 2.78. The number of carbonyl (C=O) groups excluding carboxylic acids is 1. The molecule has 0 atom stereocenters. The third-order valence-electron chi connectivity index (χ3n) is 1.81. The van der Waals surface area contributed by atoms with Crippen LogP contribution in [0.2, 0.25) is 5.15 Å². The van der Waals surface area contributed by atoms with Crippen LogP contribution < -0.4 is 5.43 Å². The van der Waals surface area contributed by atoms with E-state index in [1.165, 1.54) is 0 Å². The van der Waals surface area contributed by atoms with Crippen molar-refractivity contribution in [3.63, 3.8) is 0 Å². The number of anilines is 1. The van der Waals surface area contributed by atoms with Crippen LogP contribution in [0.3, 0.4) is 0 Å². The minimum atomic E-state index is -0.494. The summed E-state index contributed by atoms with van der Waals surface area (Å²) in [6.45, 7) is 7.18. The Balaban J connectivity index is 2.49. The molecule has 0 saturated carbocycles. The van der Waals surface area contributed by atoms with Crippen LogP contribution in [0.25, 0.3) is 0 Å². The second-order valence-electron chi connectivity index (χ2n) is 4.96. The monoisotopic (exact) mass is 284 g/mol. The van der Waals surface area contributed by atoms with E-state index >= 15 is 0 Å². The zero-order valence-electron chi connectivity index (χ0n) is 11.4. The van der Waals surface area contributed by atoms with Gasteiger partial charge in [-0.2, -0.15) is 5.10 Å². The van der Waals surface area contributed by atoms with Gasteiger partial charge in [-0.25, -0.2) is 0 Å². The van der Waals surface area contributed by atoms with Crippen molar-refractivity contribution in [3.05, 3.63) is 17.3 Å². The van der Waals surface area contributed by atoms with Crippen LogP contribution in [0.1, 0.15) is 34.1 Å². The van der Waals surface area contributed by atoms with Gasteiger partial charge in [-0.15, -0.1) is 10.2 Å². The normalized spacial score (nSPS) is 12.2. The van der Waals surface area contributed by atoms with Crippen molar-refractivity contribution >= 4 is 29.1 Å². The summed E-state index contributed by atoms with van der Waals surface area (Å²) in [5, 5.41) is 11.8. The second kappa shape index (κ2) is 6.47. The summed E-state index contributed by atoms with van der Waals surface area (Å²) in [6.07, 6.45) is 0.116. The first-order valence-corrected chi connectivity index (χ1v) is 6.14. The Morgan fingerprint density at radius 2 is 2.11 bits per heavy atom. The molecule has 1 rings (SSSR count). The van der Waals surface area contributed by atoms with Gasteiger partial charge in [0.05, 0.1) is 6.42 Å². The largest absolute Gasteiger partial charge is 0.460 e. The molecule has 0 spiro atoms. The Hall–Kier alpha value is -1.69. The zero-order valence-corrected chi connectivity index (χ0v) is 12.2. The zero-order chi connectivity index (χ0) is 14.5. The number of nitrogens with one attached hydrogen (secondary N) is 1. The summed E-state index contributed by atoms with van der Waals surface area (Å²) < 4.78 is 5.18. The fourth-order valence-corrected chi connectivity index (χ4v) is 1.26. The van der Waals surface area contributed by atoms with Gasteiger partial charge in [0.2, 0.25) is 0 Å². The molecule has 0 aromatic carbocycles. The van der Waals surface area contributed by atoms with Gasteiger partial charge in [0.15, 0.2) is 11.0 Å². The molecular formula is C12H17ClN4O2. The first-order valence-electron chi connectivity index (χ1n) is 5.76. The first kappa shape index (κ1) is 15.4. The summed E-state index contributed by atoms with van der Waals surface area (Å²) in [6, 6.07) is 3.23. The average Bonchev–Trinajstić information content (AvgIpc) is 2.25. The molecule has 0 fully saturated rings. The molecule has 1 aromatic heterocycles. The Morgan fingerprint density at radius 3 is 2.63 bits per heavy atom. The number of hydrazone groups is 1. The fraction of sp³-hybridized carbons (Fsp3) is 0.500. The Bertz CT molecular complexity index is 466. The number of rotatable bonds is 4. The van der Waals surface area contributed by atoms with E-state index in [9.17, 15) is 4.79 Å². The molecule has 0 bridgehead atoms. The Kier molecular flexibility index (Phi) is 5.23. The molecule has 7 heteroatoms. The van der Waals surface area contributed by atoms with E-state index < -0.39 is 5.60 Å². The molecule has 0 radical (unpaired) electrons. The lowest BCUT2D eigenvalue weighted by Crippen LogP contribution is -2.25. The standard InChI is InChI=1S/C12H17ClN4O2/c1-8(7-11(18)19-12(2,3)4)14-16-10-6-5-9(13)15-17-10/h5-6H,7H2,1-4H3,(H,16,17). The highest BCUT2D eigenvalue weighted by atomic mass is 35.5. The van der Waals surface area contributed by atoms with E-state index in [-0.39, 0.29) is 12.4 Å². The van der Waals surface area contributed by atoms with Crippen LogP contribution in [0.4, 0.5) is 5.82 Å². The van der Waals surface area contributed by atoms with Gasteiger partial charge in [0.1, 0.15) is 5.60 Å². The van der Waals surface area contributed by atoms with Crippen molar-refractivity contribution in [3.8, 4) is 0 Å². The van der Waals surface area contributed by atoms with Gasteiger partial charge in [-0.1, -0.05) is 11.6 Å². The van der Waals surface area contributed by atoms with Crippen LogP contribution in [0.15, 0.2) is 17.2 Å². The van der Waals surface area contributed by atoms with Crippen molar-refractivity contribution in [2.24, 2.45) is 5.10 Å². The number of esters is 1. The third kappa shape index (κ3) is 6.71. The molecule has 0 aliphatic heterocycles. The molecule has 0 aliphatic rings. The van der Waals surface area contributed by atoms with E-state index in [0.29, 0.717) is 16.7 Å².